The van der Waals surface area contributed by atoms with Crippen LogP contribution in [-0.2, 0) is 29.1 Å². The lowest BCUT2D eigenvalue weighted by Gasteiger charge is -2.58. The second-order valence-electron chi connectivity index (χ2n) is 9.64. The maximum atomic E-state index is 13.5. The molecule has 0 spiro atoms. The standard InChI is InChI=1S/C30H35NO3/c1-23(2)20-30(19-18-24-10-6-4-7-11-24)28(34-22-26-12-8-5-9-13-26)29(32)31(30)21-25-14-16-27(33-3)17-15-25/h4-17,23,28H,18-22H2,1-3H3. The molecular weight excluding hydrogens is 422 g/mol. The van der Waals surface area contributed by atoms with Crippen molar-refractivity contribution in [3.63, 3.8) is 0 Å². The highest BCUT2D eigenvalue weighted by atomic mass is 16.5. The van der Waals surface area contributed by atoms with Crippen LogP contribution in [0.4, 0.5) is 0 Å². The third kappa shape index (κ3) is 5.34. The van der Waals surface area contributed by atoms with Gasteiger partial charge < -0.3 is 14.4 Å². The fourth-order valence-corrected chi connectivity index (χ4v) is 5.09. The van der Waals surface area contributed by atoms with Crippen molar-refractivity contribution < 1.29 is 14.3 Å². The molecular formula is C30H35NO3. The van der Waals surface area contributed by atoms with Gasteiger partial charge in [0, 0.05) is 6.54 Å². The number of β-lactam (4-membered cyclic amide) rings is 1. The fourth-order valence-electron chi connectivity index (χ4n) is 5.09. The first kappa shape index (κ1) is 24.0. The Bertz CT molecular complexity index is 1050. The predicted octanol–water partition coefficient (Wildman–Crippen LogP) is 6.04. The van der Waals surface area contributed by atoms with E-state index in [9.17, 15) is 4.79 Å². The minimum absolute atomic E-state index is 0.0838. The summed E-state index contributed by atoms with van der Waals surface area (Å²) < 4.78 is 11.7. The maximum Gasteiger partial charge on any atom is 0.255 e. The van der Waals surface area contributed by atoms with Crippen LogP contribution in [0.25, 0.3) is 0 Å². The van der Waals surface area contributed by atoms with Gasteiger partial charge in [0.1, 0.15) is 5.75 Å². The monoisotopic (exact) mass is 457 g/mol. The van der Waals surface area contributed by atoms with Crippen molar-refractivity contribution in [1.29, 1.82) is 0 Å². The topological polar surface area (TPSA) is 38.8 Å². The molecule has 1 heterocycles. The summed E-state index contributed by atoms with van der Waals surface area (Å²) in [5, 5.41) is 0. The van der Waals surface area contributed by atoms with Crippen LogP contribution in [0.2, 0.25) is 0 Å². The molecule has 1 fully saturated rings. The molecule has 4 rings (SSSR count). The minimum atomic E-state index is -0.433. The van der Waals surface area contributed by atoms with Gasteiger partial charge in [0.15, 0.2) is 6.10 Å². The largest absolute Gasteiger partial charge is 0.497 e. The smallest absolute Gasteiger partial charge is 0.255 e. The second-order valence-corrected chi connectivity index (χ2v) is 9.64. The number of aryl methyl sites for hydroxylation is 1. The number of rotatable bonds is 11. The molecule has 0 aromatic heterocycles. The molecule has 1 amide bonds. The van der Waals surface area contributed by atoms with Crippen LogP contribution in [0, 0.1) is 5.92 Å². The van der Waals surface area contributed by atoms with E-state index in [1.165, 1.54) is 5.56 Å². The van der Waals surface area contributed by atoms with Gasteiger partial charge in [0.05, 0.1) is 19.3 Å². The quantitative estimate of drug-likeness (QED) is 0.330. The molecule has 2 unspecified atom stereocenters. The van der Waals surface area contributed by atoms with Gasteiger partial charge in [0.2, 0.25) is 0 Å². The second kappa shape index (κ2) is 10.9. The summed E-state index contributed by atoms with van der Waals surface area (Å²) in [5.41, 5.74) is 3.14. The summed E-state index contributed by atoms with van der Waals surface area (Å²) in [6.45, 7) is 5.48. The Hall–Kier alpha value is -3.11. The number of hydrogen-bond acceptors (Lipinski definition) is 3. The molecule has 0 N–H and O–H groups in total. The molecule has 178 valence electrons. The summed E-state index contributed by atoms with van der Waals surface area (Å²) in [6, 6.07) is 28.6. The van der Waals surface area contributed by atoms with E-state index in [4.69, 9.17) is 9.47 Å². The van der Waals surface area contributed by atoms with Crippen molar-refractivity contribution in [2.45, 2.75) is 57.9 Å². The number of carbonyl (C=O) groups is 1. The molecule has 0 bridgehead atoms. The SMILES string of the molecule is COc1ccc(CN2C(=O)C(OCc3ccccc3)C2(CCc2ccccc2)CC(C)C)cc1. The average molecular weight is 458 g/mol. The van der Waals surface area contributed by atoms with Gasteiger partial charge in [-0.05, 0) is 54.0 Å². The molecule has 4 nitrogen and oxygen atoms in total. The normalized spacial score (nSPS) is 19.8. The van der Waals surface area contributed by atoms with Gasteiger partial charge >= 0.3 is 0 Å². The number of nitrogens with zero attached hydrogens (tertiary/aromatic N) is 1. The van der Waals surface area contributed by atoms with Crippen LogP contribution < -0.4 is 4.74 Å². The van der Waals surface area contributed by atoms with Crippen molar-refractivity contribution in [3.05, 3.63) is 102 Å². The highest BCUT2D eigenvalue weighted by Gasteiger charge is 2.60. The van der Waals surface area contributed by atoms with E-state index in [-0.39, 0.29) is 11.4 Å². The van der Waals surface area contributed by atoms with Crippen LogP contribution in [0.15, 0.2) is 84.9 Å². The van der Waals surface area contributed by atoms with E-state index >= 15 is 0 Å². The van der Waals surface area contributed by atoms with Crippen molar-refractivity contribution in [1.82, 2.24) is 4.90 Å². The zero-order chi connectivity index (χ0) is 24.0. The zero-order valence-corrected chi connectivity index (χ0v) is 20.4. The van der Waals surface area contributed by atoms with Gasteiger partial charge in [-0.25, -0.2) is 0 Å². The molecule has 3 aromatic rings. The lowest BCUT2D eigenvalue weighted by Crippen LogP contribution is -2.75. The number of hydrogen-bond donors (Lipinski definition) is 0. The molecule has 1 aliphatic rings. The number of benzene rings is 3. The summed E-state index contributed by atoms with van der Waals surface area (Å²) in [5.74, 6) is 1.34. The lowest BCUT2D eigenvalue weighted by molar-refractivity contribution is -0.204. The van der Waals surface area contributed by atoms with E-state index in [2.05, 4.69) is 43.0 Å². The molecule has 1 saturated heterocycles. The van der Waals surface area contributed by atoms with Crippen LogP contribution in [0.3, 0.4) is 0 Å². The highest BCUT2D eigenvalue weighted by Crippen LogP contribution is 2.44. The summed E-state index contributed by atoms with van der Waals surface area (Å²) in [7, 11) is 1.67. The summed E-state index contributed by atoms with van der Waals surface area (Å²) in [4.78, 5) is 15.6. The summed E-state index contributed by atoms with van der Waals surface area (Å²) in [6.07, 6.45) is 2.25. The van der Waals surface area contributed by atoms with Crippen LogP contribution in [-0.4, -0.2) is 29.6 Å². The van der Waals surface area contributed by atoms with Gasteiger partial charge in [-0.3, -0.25) is 4.79 Å². The van der Waals surface area contributed by atoms with Gasteiger partial charge in [-0.15, -0.1) is 0 Å². The van der Waals surface area contributed by atoms with Gasteiger partial charge in [0.25, 0.3) is 5.91 Å². The first-order valence-electron chi connectivity index (χ1n) is 12.2. The number of likely N-dealkylation sites (tertiary alicyclic amines) is 1. The van der Waals surface area contributed by atoms with Gasteiger partial charge in [-0.1, -0.05) is 86.6 Å². The van der Waals surface area contributed by atoms with E-state index in [1.54, 1.807) is 7.11 Å². The van der Waals surface area contributed by atoms with E-state index in [0.29, 0.717) is 19.1 Å². The molecule has 0 aliphatic carbocycles. The number of ether oxygens (including phenoxy) is 2. The zero-order valence-electron chi connectivity index (χ0n) is 20.4. The third-order valence-electron chi connectivity index (χ3n) is 6.73. The Morgan fingerprint density at radius 1 is 0.853 bits per heavy atom. The van der Waals surface area contributed by atoms with Crippen molar-refractivity contribution >= 4 is 5.91 Å². The highest BCUT2D eigenvalue weighted by molar-refractivity contribution is 5.90. The van der Waals surface area contributed by atoms with Crippen LogP contribution in [0.1, 0.15) is 43.4 Å². The number of amides is 1. The third-order valence-corrected chi connectivity index (χ3v) is 6.73. The molecule has 34 heavy (non-hydrogen) atoms. The van der Waals surface area contributed by atoms with E-state index in [1.807, 2.05) is 60.7 Å². The Balaban J connectivity index is 1.60. The van der Waals surface area contributed by atoms with Gasteiger partial charge in [-0.2, -0.15) is 0 Å². The molecule has 3 aromatic carbocycles. The van der Waals surface area contributed by atoms with E-state index < -0.39 is 6.10 Å². The predicted molar refractivity (Wildman–Crippen MR) is 136 cm³/mol. The van der Waals surface area contributed by atoms with E-state index in [0.717, 1.165) is 36.1 Å². The Labute approximate surface area is 203 Å². The Morgan fingerprint density at radius 3 is 2.06 bits per heavy atom. The molecule has 2 atom stereocenters. The van der Waals surface area contributed by atoms with Crippen LogP contribution in [0.5, 0.6) is 5.75 Å². The first-order valence-corrected chi connectivity index (χ1v) is 12.2. The molecule has 0 saturated carbocycles. The van der Waals surface area contributed by atoms with Crippen LogP contribution >= 0.6 is 0 Å². The summed E-state index contributed by atoms with van der Waals surface area (Å²) >= 11 is 0. The molecule has 0 radical (unpaired) electrons. The average Bonchev–Trinajstić information content (AvgIpc) is 2.87. The Morgan fingerprint density at radius 2 is 1.47 bits per heavy atom. The Kier molecular flexibility index (Phi) is 7.69. The first-order chi connectivity index (χ1) is 16.5. The number of carbonyl (C=O) groups excluding carboxylic acids is 1. The van der Waals surface area contributed by atoms with Crippen molar-refractivity contribution in [3.8, 4) is 5.75 Å². The van der Waals surface area contributed by atoms with Crippen molar-refractivity contribution in [2.75, 3.05) is 7.11 Å². The molecule has 4 heteroatoms. The van der Waals surface area contributed by atoms with Crippen molar-refractivity contribution in [2.24, 2.45) is 5.92 Å². The maximum absolute atomic E-state index is 13.5. The lowest BCUT2D eigenvalue weighted by atomic mass is 9.70. The number of methoxy groups -OCH3 is 1. The molecule has 1 aliphatic heterocycles. The minimum Gasteiger partial charge on any atom is -0.497 e. The fraction of sp³-hybridized carbons (Fsp3) is 0.367.